The van der Waals surface area contributed by atoms with Crippen LogP contribution in [0.3, 0.4) is 0 Å². The van der Waals surface area contributed by atoms with Crippen LogP contribution in [-0.2, 0) is 4.79 Å². The summed E-state index contributed by atoms with van der Waals surface area (Å²) in [6.07, 6.45) is 2.04. The van der Waals surface area contributed by atoms with Crippen LogP contribution in [0.4, 0.5) is 0 Å². The quantitative estimate of drug-likeness (QED) is 0.681. The van der Waals surface area contributed by atoms with Crippen molar-refractivity contribution in [3.8, 4) is 0 Å². The lowest BCUT2D eigenvalue weighted by atomic mass is 10.1. The maximum absolute atomic E-state index is 11.0. The maximum atomic E-state index is 11.0. The first-order valence-corrected chi connectivity index (χ1v) is 9.32. The van der Waals surface area contributed by atoms with Gasteiger partial charge in [-0.2, -0.15) is 0 Å². The van der Waals surface area contributed by atoms with Crippen molar-refractivity contribution < 1.29 is 9.90 Å². The predicted molar refractivity (Wildman–Crippen MR) is 104 cm³/mol. The van der Waals surface area contributed by atoms with Crippen LogP contribution in [0, 0.1) is 13.8 Å². The lowest BCUT2D eigenvalue weighted by Gasteiger charge is -2.06. The lowest BCUT2D eigenvalue weighted by molar-refractivity contribution is -0.133. The topological polar surface area (TPSA) is 50.2 Å². The molecule has 1 heterocycles. The predicted octanol–water partition coefficient (Wildman–Crippen LogP) is 5.23. The molecule has 1 N–H and O–H groups in total. The molecule has 0 spiro atoms. The first-order valence-electron chi connectivity index (χ1n) is 7.52. The van der Waals surface area contributed by atoms with E-state index < -0.39 is 5.97 Å². The van der Waals surface area contributed by atoms with Gasteiger partial charge in [-0.05, 0) is 43.2 Å². The zero-order valence-electron chi connectivity index (χ0n) is 13.4. The van der Waals surface area contributed by atoms with Crippen LogP contribution >= 0.6 is 23.1 Å². The monoisotopic (exact) mass is 355 g/mol. The maximum Gasteiger partial charge on any atom is 0.313 e. The normalized spacial score (nSPS) is 11.8. The molecule has 0 aliphatic heterocycles. The van der Waals surface area contributed by atoms with Gasteiger partial charge < -0.3 is 5.11 Å². The van der Waals surface area contributed by atoms with E-state index in [2.05, 4.69) is 37.0 Å². The van der Waals surface area contributed by atoms with E-state index in [0.717, 1.165) is 25.7 Å². The minimum absolute atomic E-state index is 0.0205. The number of carbonyl (C=O) groups is 1. The summed E-state index contributed by atoms with van der Waals surface area (Å²) in [6.45, 7) is 4.13. The highest BCUT2D eigenvalue weighted by Gasteiger charge is 2.12. The summed E-state index contributed by atoms with van der Waals surface area (Å²) >= 11 is 2.91. The van der Waals surface area contributed by atoms with Crippen molar-refractivity contribution in [3.63, 3.8) is 0 Å². The fourth-order valence-electron chi connectivity index (χ4n) is 2.41. The Morgan fingerprint density at radius 3 is 2.75 bits per heavy atom. The van der Waals surface area contributed by atoms with Gasteiger partial charge in [0, 0.05) is 4.91 Å². The number of aromatic nitrogens is 1. The van der Waals surface area contributed by atoms with Crippen LogP contribution in [-0.4, -0.2) is 21.8 Å². The fourth-order valence-corrected chi connectivity index (χ4v) is 4.25. The summed E-state index contributed by atoms with van der Waals surface area (Å²) in [5.41, 5.74) is 4.42. The van der Waals surface area contributed by atoms with Crippen LogP contribution in [0.1, 0.15) is 21.7 Å². The minimum Gasteiger partial charge on any atom is -0.481 e. The highest BCUT2D eigenvalue weighted by molar-refractivity contribution is 8.09. The molecule has 3 aromatic rings. The highest BCUT2D eigenvalue weighted by Crippen LogP contribution is 2.35. The number of rotatable bonds is 5. The number of hydrogen-bond acceptors (Lipinski definition) is 4. The third-order valence-corrected chi connectivity index (χ3v) is 5.78. The molecule has 24 heavy (non-hydrogen) atoms. The lowest BCUT2D eigenvalue weighted by Crippen LogP contribution is -1.98. The Bertz CT molecular complexity index is 895. The van der Waals surface area contributed by atoms with E-state index in [9.17, 15) is 4.79 Å². The molecule has 0 amide bonds. The molecule has 3 rings (SSSR count). The fraction of sp³-hybridized carbons (Fsp3) is 0.158. The zero-order valence-corrected chi connectivity index (χ0v) is 15.1. The van der Waals surface area contributed by atoms with Crippen molar-refractivity contribution in [3.05, 3.63) is 64.2 Å². The molecule has 1 aromatic heterocycles. The van der Waals surface area contributed by atoms with Gasteiger partial charge in [-0.25, -0.2) is 4.98 Å². The second-order valence-electron chi connectivity index (χ2n) is 5.54. The van der Waals surface area contributed by atoms with E-state index in [1.165, 1.54) is 22.9 Å². The third kappa shape index (κ3) is 3.86. The van der Waals surface area contributed by atoms with E-state index in [4.69, 9.17) is 5.11 Å². The number of carboxylic acids is 1. The molecule has 0 atom stereocenters. The number of benzene rings is 2. The smallest absolute Gasteiger partial charge is 0.313 e. The number of fused-ring (bicyclic) bond motifs is 1. The van der Waals surface area contributed by atoms with Crippen LogP contribution in [0.15, 0.2) is 42.5 Å². The molecule has 5 heteroatoms. The third-order valence-electron chi connectivity index (χ3n) is 3.57. The van der Waals surface area contributed by atoms with Crippen LogP contribution in [0.5, 0.6) is 0 Å². The van der Waals surface area contributed by atoms with Gasteiger partial charge in [-0.15, -0.1) is 23.1 Å². The van der Waals surface area contributed by atoms with Crippen LogP contribution < -0.4 is 0 Å². The molecule has 0 radical (unpaired) electrons. The molecule has 0 fully saturated rings. The Hall–Kier alpha value is -2.11. The van der Waals surface area contributed by atoms with Gasteiger partial charge in [-0.1, -0.05) is 35.9 Å². The molecular formula is C19H17NO2S2. The number of aryl methyl sites for hydroxylation is 2. The Kier molecular flexibility index (Phi) is 5.02. The molecule has 0 saturated carbocycles. The Morgan fingerprint density at radius 1 is 1.25 bits per heavy atom. The minimum atomic E-state index is -0.826. The van der Waals surface area contributed by atoms with Gasteiger partial charge >= 0.3 is 5.97 Å². The van der Waals surface area contributed by atoms with E-state index in [1.54, 1.807) is 11.3 Å². The van der Waals surface area contributed by atoms with Crippen LogP contribution in [0.25, 0.3) is 21.2 Å². The van der Waals surface area contributed by atoms with Crippen molar-refractivity contribution in [1.82, 2.24) is 4.98 Å². The van der Waals surface area contributed by atoms with E-state index in [1.807, 2.05) is 30.3 Å². The number of thiazole rings is 1. The van der Waals surface area contributed by atoms with Gasteiger partial charge in [0.2, 0.25) is 0 Å². The Balaban J connectivity index is 2.04. The summed E-state index contributed by atoms with van der Waals surface area (Å²) in [5.74, 6) is -0.806. The molecule has 0 bridgehead atoms. The largest absolute Gasteiger partial charge is 0.481 e. The van der Waals surface area contributed by atoms with E-state index in [-0.39, 0.29) is 5.75 Å². The van der Waals surface area contributed by atoms with Crippen molar-refractivity contribution in [2.45, 2.75) is 13.8 Å². The van der Waals surface area contributed by atoms with Gasteiger partial charge in [0.1, 0.15) is 5.01 Å². The Morgan fingerprint density at radius 2 is 2.04 bits per heavy atom. The number of thioether (sulfide) groups is 1. The average Bonchev–Trinajstić information content (AvgIpc) is 2.97. The number of carboxylic acid groups (broad SMARTS) is 1. The molecule has 0 saturated heterocycles. The number of nitrogens with zero attached hydrogens (tertiary/aromatic N) is 1. The summed E-state index contributed by atoms with van der Waals surface area (Å²) in [7, 11) is 0. The molecule has 3 nitrogen and oxygen atoms in total. The number of aliphatic carboxylic acids is 1. The molecule has 2 aromatic carbocycles. The molecule has 122 valence electrons. The second kappa shape index (κ2) is 7.20. The molecule has 0 aliphatic carbocycles. The Labute approximate surface area is 149 Å². The SMILES string of the molecule is Cc1ccc(/C=C(\SCC(=O)O)c2nc3ccccc3s2)c(C)c1. The number of hydrogen-bond donors (Lipinski definition) is 1. The van der Waals surface area contributed by atoms with Crippen molar-refractivity contribution in [2.24, 2.45) is 0 Å². The highest BCUT2D eigenvalue weighted by atomic mass is 32.2. The summed E-state index contributed by atoms with van der Waals surface area (Å²) in [5, 5.41) is 9.90. The second-order valence-corrected chi connectivity index (χ2v) is 7.59. The standard InChI is InChI=1S/C19H17NO2S2/c1-12-7-8-14(13(2)9-12)10-17(23-11-18(21)22)19-20-15-5-3-4-6-16(15)24-19/h3-10H,11H2,1-2H3,(H,21,22)/b17-10-. The van der Waals surface area contributed by atoms with Crippen molar-refractivity contribution >= 4 is 50.3 Å². The molecular weight excluding hydrogens is 338 g/mol. The van der Waals surface area contributed by atoms with Crippen LogP contribution in [0.2, 0.25) is 0 Å². The van der Waals surface area contributed by atoms with Gasteiger partial charge in [0.25, 0.3) is 0 Å². The average molecular weight is 355 g/mol. The zero-order chi connectivity index (χ0) is 17.1. The molecule has 0 unspecified atom stereocenters. The summed E-state index contributed by atoms with van der Waals surface area (Å²) in [6, 6.07) is 14.2. The number of para-hydroxylation sites is 1. The van der Waals surface area contributed by atoms with E-state index >= 15 is 0 Å². The van der Waals surface area contributed by atoms with Gasteiger partial charge in [0.15, 0.2) is 0 Å². The van der Waals surface area contributed by atoms with Crippen molar-refractivity contribution in [2.75, 3.05) is 5.75 Å². The first kappa shape index (κ1) is 16.7. The van der Waals surface area contributed by atoms with Gasteiger partial charge in [-0.3, -0.25) is 4.79 Å². The van der Waals surface area contributed by atoms with E-state index in [0.29, 0.717) is 0 Å². The summed E-state index contributed by atoms with van der Waals surface area (Å²) in [4.78, 5) is 16.6. The molecule has 0 aliphatic rings. The van der Waals surface area contributed by atoms with Crippen molar-refractivity contribution in [1.29, 1.82) is 0 Å². The van der Waals surface area contributed by atoms with Gasteiger partial charge in [0.05, 0.1) is 16.0 Å². The first-order chi connectivity index (χ1) is 11.5. The summed E-state index contributed by atoms with van der Waals surface area (Å²) < 4.78 is 1.11.